The Hall–Kier alpha value is -1.28. The number of nitrogens with zero attached hydrogens (tertiary/aromatic N) is 3. The topological polar surface area (TPSA) is 55.9 Å². The lowest BCUT2D eigenvalue weighted by Gasteiger charge is -2.42. The van der Waals surface area contributed by atoms with Crippen LogP contribution in [0.5, 0.6) is 0 Å². The minimum absolute atomic E-state index is 0.0278. The molecule has 8 heteroatoms. The summed E-state index contributed by atoms with van der Waals surface area (Å²) in [6.45, 7) is 13.1. The molecule has 6 nitrogen and oxygen atoms in total. The van der Waals surface area contributed by atoms with Gasteiger partial charge in [0.15, 0.2) is 0 Å². The van der Waals surface area contributed by atoms with Gasteiger partial charge in [-0.25, -0.2) is 8.78 Å². The fourth-order valence-corrected chi connectivity index (χ4v) is 5.65. The molecular formula is C26H46F2N4O2. The highest BCUT2D eigenvalue weighted by molar-refractivity contribution is 5.90. The SMILES string of the molecule is CC(C)C[C@@H]1NCCN([C@@H](CC(C)C)C(=O)N2CCC(CCN3CCC(F)(F)CC3)CC2)C1=O. The van der Waals surface area contributed by atoms with Crippen LogP contribution in [0.25, 0.3) is 0 Å². The predicted molar refractivity (Wildman–Crippen MR) is 131 cm³/mol. The van der Waals surface area contributed by atoms with Gasteiger partial charge < -0.3 is 20.0 Å². The summed E-state index contributed by atoms with van der Waals surface area (Å²) in [4.78, 5) is 32.8. The number of hydrogen-bond donors (Lipinski definition) is 1. The molecule has 0 bridgehead atoms. The fourth-order valence-electron chi connectivity index (χ4n) is 5.65. The Kier molecular flexibility index (Phi) is 9.73. The number of likely N-dealkylation sites (tertiary alicyclic amines) is 2. The van der Waals surface area contributed by atoms with Crippen molar-refractivity contribution in [1.82, 2.24) is 20.0 Å². The van der Waals surface area contributed by atoms with Gasteiger partial charge in [-0.15, -0.1) is 0 Å². The summed E-state index contributed by atoms with van der Waals surface area (Å²) in [6, 6.07) is -0.576. The number of amides is 2. The van der Waals surface area contributed by atoms with Crippen molar-refractivity contribution in [1.29, 1.82) is 0 Å². The average Bonchev–Trinajstić information content (AvgIpc) is 2.78. The molecule has 0 aliphatic carbocycles. The number of piperidine rings is 2. The Morgan fingerprint density at radius 2 is 1.68 bits per heavy atom. The van der Waals surface area contributed by atoms with Gasteiger partial charge in [0.05, 0.1) is 6.04 Å². The van der Waals surface area contributed by atoms with Gasteiger partial charge in [-0.1, -0.05) is 27.7 Å². The number of nitrogens with one attached hydrogen (secondary N) is 1. The molecule has 0 aromatic rings. The van der Waals surface area contributed by atoms with Crippen molar-refractivity contribution in [3.63, 3.8) is 0 Å². The smallest absolute Gasteiger partial charge is 0.250 e. The van der Waals surface area contributed by atoms with E-state index in [9.17, 15) is 18.4 Å². The molecule has 0 spiro atoms. The van der Waals surface area contributed by atoms with E-state index in [0.29, 0.717) is 43.8 Å². The Morgan fingerprint density at radius 1 is 1.03 bits per heavy atom. The Morgan fingerprint density at radius 3 is 2.26 bits per heavy atom. The van der Waals surface area contributed by atoms with Gasteiger partial charge >= 0.3 is 0 Å². The van der Waals surface area contributed by atoms with Crippen LogP contribution in [0.2, 0.25) is 0 Å². The second kappa shape index (κ2) is 12.1. The van der Waals surface area contributed by atoms with Crippen LogP contribution in [0.1, 0.15) is 72.6 Å². The molecule has 3 aliphatic heterocycles. The molecule has 3 saturated heterocycles. The highest BCUT2D eigenvalue weighted by atomic mass is 19.3. The third kappa shape index (κ3) is 7.61. The first-order valence-electron chi connectivity index (χ1n) is 13.5. The minimum atomic E-state index is -2.49. The van der Waals surface area contributed by atoms with Crippen molar-refractivity contribution in [3.8, 4) is 0 Å². The summed E-state index contributed by atoms with van der Waals surface area (Å²) >= 11 is 0. The zero-order valence-corrected chi connectivity index (χ0v) is 21.7. The molecule has 2 amide bonds. The van der Waals surface area contributed by atoms with E-state index >= 15 is 0 Å². The summed E-state index contributed by atoms with van der Waals surface area (Å²) in [5, 5.41) is 3.35. The van der Waals surface area contributed by atoms with Crippen LogP contribution in [-0.4, -0.2) is 90.3 Å². The van der Waals surface area contributed by atoms with E-state index in [1.807, 2.05) is 9.80 Å². The Balaban J connectivity index is 1.52. The summed E-state index contributed by atoms with van der Waals surface area (Å²) in [7, 11) is 0. The molecule has 3 rings (SSSR count). The fraction of sp³-hybridized carbons (Fsp3) is 0.923. The van der Waals surface area contributed by atoms with Crippen LogP contribution in [-0.2, 0) is 9.59 Å². The molecule has 3 fully saturated rings. The number of halogens is 2. The summed E-state index contributed by atoms with van der Waals surface area (Å²) < 4.78 is 26.8. The molecule has 0 saturated carbocycles. The van der Waals surface area contributed by atoms with Gasteiger partial charge in [-0.05, 0) is 56.4 Å². The zero-order valence-electron chi connectivity index (χ0n) is 21.7. The number of hydrogen-bond acceptors (Lipinski definition) is 4. The van der Waals surface area contributed by atoms with E-state index in [2.05, 4.69) is 37.9 Å². The van der Waals surface area contributed by atoms with E-state index in [-0.39, 0.29) is 36.7 Å². The van der Waals surface area contributed by atoms with E-state index in [0.717, 1.165) is 51.9 Å². The van der Waals surface area contributed by atoms with Crippen molar-refractivity contribution in [2.45, 2.75) is 90.6 Å². The van der Waals surface area contributed by atoms with Crippen molar-refractivity contribution >= 4 is 11.8 Å². The first kappa shape index (κ1) is 27.3. The van der Waals surface area contributed by atoms with E-state index < -0.39 is 5.92 Å². The predicted octanol–water partition coefficient (Wildman–Crippen LogP) is 3.61. The second-order valence-corrected chi connectivity index (χ2v) is 11.6. The van der Waals surface area contributed by atoms with Gasteiger partial charge in [0, 0.05) is 52.1 Å². The quantitative estimate of drug-likeness (QED) is 0.543. The minimum Gasteiger partial charge on any atom is -0.341 e. The van der Waals surface area contributed by atoms with Crippen LogP contribution < -0.4 is 5.32 Å². The molecule has 0 radical (unpaired) electrons. The largest absolute Gasteiger partial charge is 0.341 e. The van der Waals surface area contributed by atoms with Crippen molar-refractivity contribution in [3.05, 3.63) is 0 Å². The first-order chi connectivity index (χ1) is 16.1. The first-order valence-corrected chi connectivity index (χ1v) is 13.5. The highest BCUT2D eigenvalue weighted by Crippen LogP contribution is 2.29. The van der Waals surface area contributed by atoms with Crippen molar-refractivity contribution in [2.24, 2.45) is 17.8 Å². The summed E-state index contributed by atoms with van der Waals surface area (Å²) in [6.07, 6.45) is 4.35. The standard InChI is InChI=1S/C26H46F2N4O2/c1-19(2)17-22-24(33)32(16-10-29-22)23(18-20(3)4)25(34)31-12-6-21(7-13-31)5-11-30-14-8-26(27,28)9-15-30/h19-23,29H,5-18H2,1-4H3/t22-,23-/m0/s1. The maximum atomic E-state index is 13.6. The Bertz CT molecular complexity index is 670. The summed E-state index contributed by atoms with van der Waals surface area (Å²) in [5.41, 5.74) is 0. The van der Waals surface area contributed by atoms with Gasteiger partial charge in [0.25, 0.3) is 5.92 Å². The number of rotatable bonds is 9. The number of carbonyl (C=O) groups excluding carboxylic acids is 2. The lowest BCUT2D eigenvalue weighted by molar-refractivity contribution is -0.150. The average molecular weight is 485 g/mol. The lowest BCUT2D eigenvalue weighted by Crippen LogP contribution is -2.62. The molecule has 1 N–H and O–H groups in total. The molecule has 34 heavy (non-hydrogen) atoms. The zero-order chi connectivity index (χ0) is 24.9. The molecule has 0 unspecified atom stereocenters. The van der Waals surface area contributed by atoms with Gasteiger partial charge in [0.2, 0.25) is 11.8 Å². The third-order valence-electron chi connectivity index (χ3n) is 7.76. The van der Waals surface area contributed by atoms with Crippen molar-refractivity contribution < 1.29 is 18.4 Å². The molecule has 2 atom stereocenters. The van der Waals surface area contributed by atoms with E-state index in [4.69, 9.17) is 0 Å². The second-order valence-electron chi connectivity index (χ2n) is 11.6. The molecule has 196 valence electrons. The van der Waals surface area contributed by atoms with Crippen LogP contribution in [0, 0.1) is 17.8 Å². The van der Waals surface area contributed by atoms with E-state index in [1.54, 1.807) is 0 Å². The van der Waals surface area contributed by atoms with Crippen LogP contribution in [0.15, 0.2) is 0 Å². The van der Waals surface area contributed by atoms with Gasteiger partial charge in [-0.2, -0.15) is 0 Å². The van der Waals surface area contributed by atoms with Gasteiger partial charge in [0.1, 0.15) is 6.04 Å². The van der Waals surface area contributed by atoms with Crippen molar-refractivity contribution in [2.75, 3.05) is 45.8 Å². The third-order valence-corrected chi connectivity index (χ3v) is 7.76. The number of carbonyl (C=O) groups is 2. The monoisotopic (exact) mass is 484 g/mol. The lowest BCUT2D eigenvalue weighted by atomic mass is 9.91. The Labute approximate surface area is 204 Å². The van der Waals surface area contributed by atoms with Crippen LogP contribution in [0.3, 0.4) is 0 Å². The molecule has 3 heterocycles. The maximum Gasteiger partial charge on any atom is 0.250 e. The molecular weight excluding hydrogens is 438 g/mol. The van der Waals surface area contributed by atoms with E-state index in [1.165, 1.54) is 0 Å². The highest BCUT2D eigenvalue weighted by Gasteiger charge is 2.39. The molecule has 0 aromatic carbocycles. The van der Waals surface area contributed by atoms with Gasteiger partial charge in [-0.3, -0.25) is 9.59 Å². The maximum absolute atomic E-state index is 13.6. The molecule has 3 aliphatic rings. The van der Waals surface area contributed by atoms with Crippen LogP contribution >= 0.6 is 0 Å². The summed E-state index contributed by atoms with van der Waals surface area (Å²) in [5.74, 6) is -1.04. The molecule has 0 aromatic heterocycles. The number of alkyl halides is 2. The van der Waals surface area contributed by atoms with Crippen LogP contribution in [0.4, 0.5) is 8.78 Å². The normalized spacial score (nSPS) is 25.9. The number of piperazine rings is 1.